The molecule has 3 rings (SSSR count). The Bertz CT molecular complexity index is 707. The van der Waals surface area contributed by atoms with E-state index in [4.69, 9.17) is 5.21 Å². The van der Waals surface area contributed by atoms with E-state index in [1.807, 2.05) is 49.4 Å². The highest BCUT2D eigenvalue weighted by atomic mass is 16.4. The van der Waals surface area contributed by atoms with Crippen LogP contribution < -0.4 is 4.90 Å². The number of rotatable bonds is 2. The summed E-state index contributed by atoms with van der Waals surface area (Å²) < 4.78 is 0. The van der Waals surface area contributed by atoms with Gasteiger partial charge in [0.15, 0.2) is 5.71 Å². The Labute approximate surface area is 117 Å². The Morgan fingerprint density at radius 3 is 2.70 bits per heavy atom. The highest BCUT2D eigenvalue weighted by Crippen LogP contribution is 2.30. The Kier molecular flexibility index (Phi) is 2.99. The average molecular weight is 266 g/mol. The molecule has 0 saturated carbocycles. The molecule has 2 aromatic carbocycles. The quantitative estimate of drug-likeness (QED) is 0.671. The van der Waals surface area contributed by atoms with E-state index in [0.717, 1.165) is 16.8 Å². The summed E-state index contributed by atoms with van der Waals surface area (Å²) in [5.74, 6) is -0.268. The third kappa shape index (κ3) is 1.95. The van der Waals surface area contributed by atoms with Gasteiger partial charge in [-0.1, -0.05) is 53.2 Å². The van der Waals surface area contributed by atoms with Crippen LogP contribution >= 0.6 is 0 Å². The van der Waals surface area contributed by atoms with Gasteiger partial charge < -0.3 is 10.1 Å². The first-order valence-electron chi connectivity index (χ1n) is 6.39. The lowest BCUT2D eigenvalue weighted by atomic mass is 10.1. The van der Waals surface area contributed by atoms with Crippen molar-refractivity contribution in [2.45, 2.75) is 13.5 Å². The number of amides is 1. The Morgan fingerprint density at radius 2 is 1.95 bits per heavy atom. The zero-order valence-electron chi connectivity index (χ0n) is 11.1. The lowest BCUT2D eigenvalue weighted by molar-refractivity contribution is -0.112. The molecule has 0 radical (unpaired) electrons. The van der Waals surface area contributed by atoms with Gasteiger partial charge in [0.25, 0.3) is 5.91 Å². The molecule has 0 fully saturated rings. The lowest BCUT2D eigenvalue weighted by Gasteiger charge is -2.17. The topological polar surface area (TPSA) is 52.9 Å². The minimum Gasteiger partial charge on any atom is -0.410 e. The van der Waals surface area contributed by atoms with Gasteiger partial charge in [0, 0.05) is 5.56 Å². The highest BCUT2D eigenvalue weighted by Gasteiger charge is 2.34. The molecule has 0 bridgehead atoms. The maximum atomic E-state index is 12.3. The molecule has 0 spiro atoms. The second-order valence-corrected chi connectivity index (χ2v) is 4.85. The van der Waals surface area contributed by atoms with E-state index >= 15 is 0 Å². The second-order valence-electron chi connectivity index (χ2n) is 4.85. The molecule has 0 aromatic heterocycles. The Morgan fingerprint density at radius 1 is 1.15 bits per heavy atom. The van der Waals surface area contributed by atoms with E-state index in [-0.39, 0.29) is 11.6 Å². The first-order chi connectivity index (χ1) is 9.70. The zero-order chi connectivity index (χ0) is 14.1. The van der Waals surface area contributed by atoms with Crippen LogP contribution in [0.4, 0.5) is 5.69 Å². The normalized spacial score (nSPS) is 15.8. The number of oxime groups is 1. The molecule has 1 amide bonds. The molecule has 4 nitrogen and oxygen atoms in total. The summed E-state index contributed by atoms with van der Waals surface area (Å²) in [6.45, 7) is 2.49. The summed E-state index contributed by atoms with van der Waals surface area (Å²) >= 11 is 0. The van der Waals surface area contributed by atoms with Crippen LogP contribution in [0.1, 0.15) is 16.7 Å². The standard InChI is InChI=1S/C16H14N2O2/c1-11-5-4-6-12(9-11)10-18-14-8-3-2-7-13(14)15(17-20)16(18)19/h2-9,20H,10H2,1H3/b17-15-. The smallest absolute Gasteiger partial charge is 0.281 e. The van der Waals surface area contributed by atoms with E-state index in [1.54, 1.807) is 11.0 Å². The minimum atomic E-state index is -0.268. The fourth-order valence-electron chi connectivity index (χ4n) is 2.51. The molecule has 1 N–H and O–H groups in total. The van der Waals surface area contributed by atoms with Gasteiger partial charge >= 0.3 is 0 Å². The molecule has 1 aliphatic heterocycles. The largest absolute Gasteiger partial charge is 0.410 e. The number of fused-ring (bicyclic) bond motifs is 1. The van der Waals surface area contributed by atoms with Crippen LogP contribution in [0.3, 0.4) is 0 Å². The van der Waals surface area contributed by atoms with Gasteiger partial charge in [-0.15, -0.1) is 0 Å². The van der Waals surface area contributed by atoms with Crippen molar-refractivity contribution in [3.63, 3.8) is 0 Å². The van der Waals surface area contributed by atoms with Crippen molar-refractivity contribution in [2.75, 3.05) is 4.90 Å². The van der Waals surface area contributed by atoms with E-state index < -0.39 is 0 Å². The maximum absolute atomic E-state index is 12.3. The van der Waals surface area contributed by atoms with Gasteiger partial charge in [-0.25, -0.2) is 0 Å². The fraction of sp³-hybridized carbons (Fsp3) is 0.125. The number of hydrogen-bond donors (Lipinski definition) is 1. The molecule has 100 valence electrons. The van der Waals surface area contributed by atoms with Gasteiger partial charge in [0.1, 0.15) is 0 Å². The molecule has 2 aromatic rings. The lowest BCUT2D eigenvalue weighted by Crippen LogP contribution is -2.29. The van der Waals surface area contributed by atoms with Crippen molar-refractivity contribution in [3.05, 3.63) is 65.2 Å². The molecule has 0 aliphatic carbocycles. The second kappa shape index (κ2) is 4.81. The number of carbonyl (C=O) groups excluding carboxylic acids is 1. The third-order valence-corrected chi connectivity index (χ3v) is 3.42. The van der Waals surface area contributed by atoms with E-state index in [2.05, 4.69) is 5.16 Å². The third-order valence-electron chi connectivity index (χ3n) is 3.42. The summed E-state index contributed by atoms with van der Waals surface area (Å²) in [7, 11) is 0. The predicted octanol–water partition coefficient (Wildman–Crippen LogP) is 2.72. The number of para-hydroxylation sites is 1. The van der Waals surface area contributed by atoms with Gasteiger partial charge in [-0.3, -0.25) is 4.79 Å². The summed E-state index contributed by atoms with van der Waals surface area (Å²) in [6, 6.07) is 15.4. The number of carbonyl (C=O) groups is 1. The molecular weight excluding hydrogens is 252 g/mol. The number of aryl methyl sites for hydroxylation is 1. The Hall–Kier alpha value is -2.62. The molecular formula is C16H14N2O2. The number of benzene rings is 2. The highest BCUT2D eigenvalue weighted by molar-refractivity contribution is 6.54. The number of anilines is 1. The average Bonchev–Trinajstić information content (AvgIpc) is 2.72. The van der Waals surface area contributed by atoms with Crippen LogP contribution in [-0.2, 0) is 11.3 Å². The summed E-state index contributed by atoms with van der Waals surface area (Å²) in [5.41, 5.74) is 3.76. The summed E-state index contributed by atoms with van der Waals surface area (Å²) in [6.07, 6.45) is 0. The van der Waals surface area contributed by atoms with Gasteiger partial charge in [0.05, 0.1) is 12.2 Å². The van der Waals surface area contributed by atoms with Crippen LogP contribution in [-0.4, -0.2) is 16.8 Å². The van der Waals surface area contributed by atoms with E-state index in [0.29, 0.717) is 12.1 Å². The maximum Gasteiger partial charge on any atom is 0.281 e. The van der Waals surface area contributed by atoms with Crippen molar-refractivity contribution < 1.29 is 10.0 Å². The van der Waals surface area contributed by atoms with Gasteiger partial charge in [-0.2, -0.15) is 0 Å². The molecule has 20 heavy (non-hydrogen) atoms. The van der Waals surface area contributed by atoms with Crippen LogP contribution in [0.2, 0.25) is 0 Å². The first-order valence-corrected chi connectivity index (χ1v) is 6.39. The van der Waals surface area contributed by atoms with Crippen LogP contribution in [0.25, 0.3) is 0 Å². The minimum absolute atomic E-state index is 0.105. The monoisotopic (exact) mass is 266 g/mol. The van der Waals surface area contributed by atoms with Crippen molar-refractivity contribution in [2.24, 2.45) is 5.16 Å². The van der Waals surface area contributed by atoms with Crippen molar-refractivity contribution in [3.8, 4) is 0 Å². The molecule has 0 atom stereocenters. The van der Waals surface area contributed by atoms with Gasteiger partial charge in [0.2, 0.25) is 0 Å². The Balaban J connectivity index is 2.00. The van der Waals surface area contributed by atoms with E-state index in [1.165, 1.54) is 0 Å². The zero-order valence-corrected chi connectivity index (χ0v) is 11.1. The van der Waals surface area contributed by atoms with Crippen molar-refractivity contribution in [1.29, 1.82) is 0 Å². The van der Waals surface area contributed by atoms with Crippen LogP contribution in [0.15, 0.2) is 53.7 Å². The van der Waals surface area contributed by atoms with Crippen LogP contribution in [0.5, 0.6) is 0 Å². The number of nitrogens with zero attached hydrogens (tertiary/aromatic N) is 2. The van der Waals surface area contributed by atoms with Crippen molar-refractivity contribution in [1.82, 2.24) is 0 Å². The molecule has 1 aliphatic rings. The fourth-order valence-corrected chi connectivity index (χ4v) is 2.51. The first kappa shape index (κ1) is 12.4. The number of hydrogen-bond acceptors (Lipinski definition) is 3. The molecule has 0 saturated heterocycles. The van der Waals surface area contributed by atoms with E-state index in [9.17, 15) is 4.79 Å². The SMILES string of the molecule is Cc1cccc(CN2C(=O)/C(=N\O)c3ccccc32)c1. The summed E-state index contributed by atoms with van der Waals surface area (Å²) in [5, 5.41) is 12.2. The summed E-state index contributed by atoms with van der Waals surface area (Å²) in [4.78, 5) is 14.0. The molecule has 1 heterocycles. The van der Waals surface area contributed by atoms with Crippen molar-refractivity contribution >= 4 is 17.3 Å². The molecule has 0 unspecified atom stereocenters. The van der Waals surface area contributed by atoms with Gasteiger partial charge in [-0.05, 0) is 18.6 Å². The predicted molar refractivity (Wildman–Crippen MR) is 77.1 cm³/mol. The molecule has 4 heteroatoms. The van der Waals surface area contributed by atoms with Crippen LogP contribution in [0, 0.1) is 6.92 Å².